The number of rotatable bonds is 5. The zero-order valence-electron chi connectivity index (χ0n) is 10.9. The molecule has 0 saturated carbocycles. The van der Waals surface area contributed by atoms with Crippen LogP contribution < -0.4 is 10.6 Å². The third-order valence-electron chi connectivity index (χ3n) is 2.42. The second-order valence-electron chi connectivity index (χ2n) is 4.00. The maximum atomic E-state index is 12.1. The first kappa shape index (κ1) is 14.2. The maximum absolute atomic E-state index is 12.1. The van der Waals surface area contributed by atoms with E-state index >= 15 is 0 Å². The number of carbonyl (C=O) groups excluding carboxylic acids is 1. The molecular weight excluding hydrogens is 278 g/mol. The van der Waals surface area contributed by atoms with E-state index < -0.39 is 5.91 Å². The summed E-state index contributed by atoms with van der Waals surface area (Å²) >= 11 is 6.00. The van der Waals surface area contributed by atoms with Crippen LogP contribution in [-0.4, -0.2) is 27.4 Å². The summed E-state index contributed by atoms with van der Waals surface area (Å²) in [6, 6.07) is 3.37. The molecule has 20 heavy (non-hydrogen) atoms. The van der Waals surface area contributed by atoms with Crippen LogP contribution >= 0.6 is 11.6 Å². The van der Waals surface area contributed by atoms with E-state index in [2.05, 4.69) is 25.6 Å². The molecule has 0 atom stereocenters. The Hall–Kier alpha value is -2.21. The van der Waals surface area contributed by atoms with Gasteiger partial charge in [0, 0.05) is 18.9 Å². The lowest BCUT2D eigenvalue weighted by atomic mass is 10.3. The number of hydrogen-bond donors (Lipinski definition) is 2. The monoisotopic (exact) mass is 291 g/mol. The van der Waals surface area contributed by atoms with Gasteiger partial charge in [-0.1, -0.05) is 18.5 Å². The third kappa shape index (κ3) is 3.64. The van der Waals surface area contributed by atoms with Crippen LogP contribution in [0.15, 0.2) is 30.7 Å². The molecular formula is C13H14ClN5O. The van der Waals surface area contributed by atoms with E-state index in [1.807, 2.05) is 6.92 Å². The van der Waals surface area contributed by atoms with Gasteiger partial charge in [0.1, 0.15) is 11.5 Å². The molecule has 0 radical (unpaired) electrons. The summed E-state index contributed by atoms with van der Waals surface area (Å²) in [6.45, 7) is 2.82. The molecule has 0 saturated heterocycles. The molecule has 6 nitrogen and oxygen atoms in total. The first-order chi connectivity index (χ1) is 9.70. The van der Waals surface area contributed by atoms with E-state index in [0.717, 1.165) is 13.0 Å². The molecule has 0 fully saturated rings. The smallest absolute Gasteiger partial charge is 0.277 e. The van der Waals surface area contributed by atoms with E-state index in [0.29, 0.717) is 11.6 Å². The largest absolute Gasteiger partial charge is 0.370 e. The predicted molar refractivity (Wildman–Crippen MR) is 78.0 cm³/mol. The molecule has 2 rings (SSSR count). The van der Waals surface area contributed by atoms with Gasteiger partial charge in [0.25, 0.3) is 5.91 Å². The Bertz CT molecular complexity index is 591. The van der Waals surface area contributed by atoms with Gasteiger partial charge in [-0.05, 0) is 18.6 Å². The van der Waals surface area contributed by atoms with Gasteiger partial charge in [-0.3, -0.25) is 9.78 Å². The molecule has 0 bridgehead atoms. The lowest BCUT2D eigenvalue weighted by Gasteiger charge is -2.08. The van der Waals surface area contributed by atoms with Crippen molar-refractivity contribution in [2.45, 2.75) is 13.3 Å². The van der Waals surface area contributed by atoms with E-state index in [1.54, 1.807) is 12.1 Å². The van der Waals surface area contributed by atoms with E-state index in [4.69, 9.17) is 11.6 Å². The zero-order valence-corrected chi connectivity index (χ0v) is 11.7. The minimum absolute atomic E-state index is 0.151. The Morgan fingerprint density at radius 2 is 2.15 bits per heavy atom. The second-order valence-corrected chi connectivity index (χ2v) is 4.41. The summed E-state index contributed by atoms with van der Waals surface area (Å²) in [5.74, 6) is 0.540. The zero-order chi connectivity index (χ0) is 14.4. The van der Waals surface area contributed by atoms with E-state index in [9.17, 15) is 4.79 Å². The molecule has 7 heteroatoms. The average molecular weight is 292 g/mol. The van der Waals surface area contributed by atoms with Crippen molar-refractivity contribution in [1.82, 2.24) is 15.0 Å². The van der Waals surface area contributed by atoms with Crippen molar-refractivity contribution in [1.29, 1.82) is 0 Å². The predicted octanol–water partition coefficient (Wildman–Crippen LogP) is 2.60. The molecule has 1 amide bonds. The Balaban J connectivity index is 2.16. The Labute approximate surface area is 121 Å². The topological polar surface area (TPSA) is 79.8 Å². The van der Waals surface area contributed by atoms with Crippen molar-refractivity contribution in [3.05, 3.63) is 41.4 Å². The summed E-state index contributed by atoms with van der Waals surface area (Å²) in [4.78, 5) is 24.1. The number of carbonyl (C=O) groups is 1. The SMILES string of the molecule is CCCNc1ccc(Cl)c(C(=O)Nc2cnccn2)n1. The highest BCUT2D eigenvalue weighted by Crippen LogP contribution is 2.17. The second kappa shape index (κ2) is 6.81. The van der Waals surface area contributed by atoms with E-state index in [-0.39, 0.29) is 10.7 Å². The molecule has 2 heterocycles. The standard InChI is InChI=1S/C13H14ClN5O/c1-2-5-16-10-4-3-9(14)12(18-10)13(20)19-11-8-15-6-7-17-11/h3-4,6-8H,2,5H2,1H3,(H,16,18)(H,17,19,20). The molecule has 0 aromatic carbocycles. The highest BCUT2D eigenvalue weighted by Gasteiger charge is 2.14. The van der Waals surface area contributed by atoms with Crippen LogP contribution in [0.2, 0.25) is 5.02 Å². The van der Waals surface area contributed by atoms with Crippen molar-refractivity contribution >= 4 is 29.1 Å². The fraction of sp³-hybridized carbons (Fsp3) is 0.231. The Morgan fingerprint density at radius 3 is 2.85 bits per heavy atom. The molecule has 104 valence electrons. The van der Waals surface area contributed by atoms with Gasteiger partial charge in [0.05, 0.1) is 11.2 Å². The van der Waals surface area contributed by atoms with Crippen LogP contribution in [0.4, 0.5) is 11.6 Å². The molecule has 0 aliphatic heterocycles. The number of anilines is 2. The van der Waals surface area contributed by atoms with E-state index in [1.165, 1.54) is 18.6 Å². The van der Waals surface area contributed by atoms with Crippen molar-refractivity contribution in [2.75, 3.05) is 17.2 Å². The minimum Gasteiger partial charge on any atom is -0.370 e. The summed E-state index contributed by atoms with van der Waals surface area (Å²) in [7, 11) is 0. The summed E-state index contributed by atoms with van der Waals surface area (Å²) in [5, 5.41) is 5.98. The first-order valence-corrected chi connectivity index (χ1v) is 6.56. The lowest BCUT2D eigenvalue weighted by molar-refractivity contribution is 0.102. The molecule has 2 aromatic rings. The molecule has 0 spiro atoms. The number of aromatic nitrogens is 3. The van der Waals surface area contributed by atoms with Crippen LogP contribution in [-0.2, 0) is 0 Å². The van der Waals surface area contributed by atoms with Gasteiger partial charge in [0.15, 0.2) is 5.82 Å². The summed E-state index contributed by atoms with van der Waals surface area (Å²) in [5.41, 5.74) is 0.151. The fourth-order valence-electron chi connectivity index (χ4n) is 1.49. The molecule has 0 unspecified atom stereocenters. The third-order valence-corrected chi connectivity index (χ3v) is 2.73. The maximum Gasteiger partial charge on any atom is 0.277 e. The number of hydrogen-bond acceptors (Lipinski definition) is 5. The van der Waals surface area contributed by atoms with Crippen LogP contribution in [0.5, 0.6) is 0 Å². The number of amides is 1. The van der Waals surface area contributed by atoms with Crippen LogP contribution in [0.25, 0.3) is 0 Å². The highest BCUT2D eigenvalue weighted by molar-refractivity contribution is 6.34. The van der Waals surface area contributed by atoms with Gasteiger partial charge in [-0.2, -0.15) is 0 Å². The van der Waals surface area contributed by atoms with Gasteiger partial charge in [0.2, 0.25) is 0 Å². The van der Waals surface area contributed by atoms with Crippen LogP contribution in [0.1, 0.15) is 23.8 Å². The van der Waals surface area contributed by atoms with Crippen LogP contribution in [0, 0.1) is 0 Å². The molecule has 0 aliphatic carbocycles. The van der Waals surface area contributed by atoms with Gasteiger partial charge >= 0.3 is 0 Å². The Kier molecular flexibility index (Phi) is 4.84. The van der Waals surface area contributed by atoms with Gasteiger partial charge in [-0.25, -0.2) is 9.97 Å². The van der Waals surface area contributed by atoms with Gasteiger partial charge < -0.3 is 10.6 Å². The number of halogens is 1. The normalized spacial score (nSPS) is 10.1. The number of pyridine rings is 1. The lowest BCUT2D eigenvalue weighted by Crippen LogP contribution is -2.16. The number of nitrogens with one attached hydrogen (secondary N) is 2. The Morgan fingerprint density at radius 1 is 1.30 bits per heavy atom. The van der Waals surface area contributed by atoms with Crippen molar-refractivity contribution in [3.8, 4) is 0 Å². The van der Waals surface area contributed by atoms with Crippen molar-refractivity contribution in [3.63, 3.8) is 0 Å². The summed E-state index contributed by atoms with van der Waals surface area (Å²) in [6.07, 6.45) is 5.43. The quantitative estimate of drug-likeness (QED) is 0.885. The fourth-order valence-corrected chi connectivity index (χ4v) is 1.68. The molecule has 2 N–H and O–H groups in total. The number of nitrogens with zero attached hydrogens (tertiary/aromatic N) is 3. The average Bonchev–Trinajstić information content (AvgIpc) is 2.47. The molecule has 2 aromatic heterocycles. The summed E-state index contributed by atoms with van der Waals surface area (Å²) < 4.78 is 0. The van der Waals surface area contributed by atoms with Crippen molar-refractivity contribution in [2.24, 2.45) is 0 Å². The highest BCUT2D eigenvalue weighted by atomic mass is 35.5. The van der Waals surface area contributed by atoms with Gasteiger partial charge in [-0.15, -0.1) is 0 Å². The minimum atomic E-state index is -0.421. The van der Waals surface area contributed by atoms with Crippen LogP contribution in [0.3, 0.4) is 0 Å². The van der Waals surface area contributed by atoms with Crippen molar-refractivity contribution < 1.29 is 4.79 Å². The first-order valence-electron chi connectivity index (χ1n) is 6.18. The molecule has 0 aliphatic rings.